The smallest absolute Gasteiger partial charge is 0.217 e. The van der Waals surface area contributed by atoms with Crippen LogP contribution in [0.2, 0.25) is 0 Å². The number of hydrogen-bond acceptors (Lipinski definition) is 2. The van der Waals surface area contributed by atoms with E-state index in [9.17, 15) is 9.59 Å². The summed E-state index contributed by atoms with van der Waals surface area (Å²) in [6.45, 7) is 7.50. The van der Waals surface area contributed by atoms with Crippen molar-refractivity contribution in [2.75, 3.05) is 5.33 Å². The maximum absolute atomic E-state index is 11.3. The van der Waals surface area contributed by atoms with Crippen LogP contribution in [-0.4, -0.2) is 23.1 Å². The maximum Gasteiger partial charge on any atom is 0.217 e. The fraction of sp³-hybridized carbons (Fsp3) is 0.800. The molecule has 82 valence electrons. The maximum atomic E-state index is 11.3. The first-order valence-electron chi connectivity index (χ1n) is 4.62. The van der Waals surface area contributed by atoms with Gasteiger partial charge in [-0.15, -0.1) is 0 Å². The summed E-state index contributed by atoms with van der Waals surface area (Å²) in [7, 11) is 0. The molecular formula is C10H18BrNO2. The van der Waals surface area contributed by atoms with Crippen molar-refractivity contribution in [1.82, 2.24) is 5.32 Å². The van der Waals surface area contributed by atoms with Crippen LogP contribution in [0.4, 0.5) is 0 Å². The lowest BCUT2D eigenvalue weighted by atomic mass is 9.84. The minimum absolute atomic E-state index is 0.0905. The summed E-state index contributed by atoms with van der Waals surface area (Å²) >= 11 is 3.11. The van der Waals surface area contributed by atoms with Gasteiger partial charge in [0.1, 0.15) is 5.78 Å². The second-order valence-electron chi connectivity index (χ2n) is 4.50. The third kappa shape index (κ3) is 5.37. The van der Waals surface area contributed by atoms with Gasteiger partial charge < -0.3 is 5.32 Å². The Bertz CT molecular complexity index is 221. The van der Waals surface area contributed by atoms with Crippen LogP contribution < -0.4 is 5.32 Å². The first-order chi connectivity index (χ1) is 6.27. The third-order valence-corrected chi connectivity index (χ3v) is 2.63. The highest BCUT2D eigenvalue weighted by atomic mass is 79.9. The number of carbonyl (C=O) groups excluding carboxylic acids is 2. The lowest BCUT2D eigenvalue weighted by Crippen LogP contribution is -2.44. The van der Waals surface area contributed by atoms with Crippen LogP contribution in [0.3, 0.4) is 0 Å². The van der Waals surface area contributed by atoms with Crippen molar-refractivity contribution >= 4 is 27.6 Å². The Morgan fingerprint density at radius 3 is 2.14 bits per heavy atom. The average molecular weight is 264 g/mol. The van der Waals surface area contributed by atoms with Gasteiger partial charge in [-0.1, -0.05) is 36.7 Å². The summed E-state index contributed by atoms with van der Waals surface area (Å²) in [6, 6.07) is -0.0925. The highest BCUT2D eigenvalue weighted by Gasteiger charge is 2.26. The van der Waals surface area contributed by atoms with E-state index in [4.69, 9.17) is 0 Å². The van der Waals surface area contributed by atoms with Gasteiger partial charge in [0.15, 0.2) is 0 Å². The zero-order chi connectivity index (χ0) is 11.4. The molecule has 0 aromatic heterocycles. The minimum Gasteiger partial charge on any atom is -0.353 e. The summed E-state index contributed by atoms with van der Waals surface area (Å²) in [5.74, 6) is 0.0194. The van der Waals surface area contributed by atoms with E-state index in [0.717, 1.165) is 0 Å². The van der Waals surface area contributed by atoms with Crippen molar-refractivity contribution in [1.29, 1.82) is 0 Å². The fourth-order valence-electron chi connectivity index (χ4n) is 1.10. The van der Waals surface area contributed by atoms with Crippen LogP contribution in [0, 0.1) is 5.41 Å². The number of halogens is 1. The second-order valence-corrected chi connectivity index (χ2v) is 5.06. The molecule has 1 amide bonds. The normalized spacial score (nSPS) is 13.5. The number of alkyl halides is 1. The molecular weight excluding hydrogens is 246 g/mol. The van der Waals surface area contributed by atoms with Crippen molar-refractivity contribution in [3.8, 4) is 0 Å². The van der Waals surface area contributed by atoms with Crippen LogP contribution in [0.5, 0.6) is 0 Å². The Hall–Kier alpha value is -0.380. The van der Waals surface area contributed by atoms with Crippen molar-refractivity contribution in [2.24, 2.45) is 5.41 Å². The molecule has 0 aromatic carbocycles. The molecule has 1 N–H and O–H groups in total. The molecule has 0 aliphatic rings. The standard InChI is InChI=1S/C10H18BrNO2/c1-7(13)12-9(10(2,3)4)5-8(14)6-11/h9H,5-6H2,1-4H3,(H,12,13). The molecule has 0 aromatic rings. The second kappa shape index (κ2) is 5.49. The first-order valence-corrected chi connectivity index (χ1v) is 5.74. The van der Waals surface area contributed by atoms with Gasteiger partial charge in [0.25, 0.3) is 0 Å². The van der Waals surface area contributed by atoms with E-state index < -0.39 is 0 Å². The highest BCUT2D eigenvalue weighted by molar-refractivity contribution is 9.09. The molecule has 1 atom stereocenters. The fourth-order valence-corrected chi connectivity index (χ4v) is 1.33. The Morgan fingerprint density at radius 1 is 1.36 bits per heavy atom. The molecule has 1 unspecified atom stereocenters. The molecule has 0 fully saturated rings. The zero-order valence-electron chi connectivity index (χ0n) is 9.19. The Morgan fingerprint density at radius 2 is 1.86 bits per heavy atom. The van der Waals surface area contributed by atoms with E-state index in [1.165, 1.54) is 6.92 Å². The molecule has 0 rings (SSSR count). The van der Waals surface area contributed by atoms with Crippen LogP contribution in [0.25, 0.3) is 0 Å². The van der Waals surface area contributed by atoms with Gasteiger partial charge in [0.05, 0.1) is 5.33 Å². The number of ketones is 1. The van der Waals surface area contributed by atoms with Crippen LogP contribution in [-0.2, 0) is 9.59 Å². The van der Waals surface area contributed by atoms with Gasteiger partial charge in [-0.3, -0.25) is 9.59 Å². The zero-order valence-corrected chi connectivity index (χ0v) is 10.8. The molecule has 0 aliphatic carbocycles. The van der Waals surface area contributed by atoms with E-state index in [1.807, 2.05) is 20.8 Å². The summed E-state index contributed by atoms with van der Waals surface area (Å²) in [6.07, 6.45) is 0.383. The van der Waals surface area contributed by atoms with Gasteiger partial charge in [0.2, 0.25) is 5.91 Å². The van der Waals surface area contributed by atoms with Gasteiger partial charge in [0, 0.05) is 19.4 Å². The number of carbonyl (C=O) groups is 2. The molecule has 0 saturated carbocycles. The van der Waals surface area contributed by atoms with Crippen molar-refractivity contribution in [3.63, 3.8) is 0 Å². The Labute approximate surface area is 93.8 Å². The Balaban J connectivity index is 4.41. The molecule has 0 saturated heterocycles. The summed E-state index contributed by atoms with van der Waals surface area (Å²) in [4.78, 5) is 22.2. The van der Waals surface area contributed by atoms with E-state index in [0.29, 0.717) is 11.8 Å². The quantitative estimate of drug-likeness (QED) is 0.788. The van der Waals surface area contributed by atoms with Crippen LogP contribution in [0.15, 0.2) is 0 Å². The highest BCUT2D eigenvalue weighted by Crippen LogP contribution is 2.22. The van der Waals surface area contributed by atoms with Gasteiger partial charge in [-0.2, -0.15) is 0 Å². The number of nitrogens with one attached hydrogen (secondary N) is 1. The van der Waals surface area contributed by atoms with Gasteiger partial charge in [-0.25, -0.2) is 0 Å². The van der Waals surface area contributed by atoms with Crippen molar-refractivity contribution in [2.45, 2.75) is 40.2 Å². The summed E-state index contributed by atoms with van der Waals surface area (Å²) < 4.78 is 0. The van der Waals surface area contributed by atoms with Crippen molar-refractivity contribution < 1.29 is 9.59 Å². The number of amides is 1. The monoisotopic (exact) mass is 263 g/mol. The first kappa shape index (κ1) is 13.6. The molecule has 0 heterocycles. The molecule has 4 heteroatoms. The number of rotatable bonds is 4. The predicted molar refractivity (Wildman–Crippen MR) is 60.5 cm³/mol. The van der Waals surface area contributed by atoms with E-state index in [-0.39, 0.29) is 23.1 Å². The molecule has 3 nitrogen and oxygen atoms in total. The number of hydrogen-bond donors (Lipinski definition) is 1. The van der Waals surface area contributed by atoms with Gasteiger partial charge >= 0.3 is 0 Å². The van der Waals surface area contributed by atoms with Crippen molar-refractivity contribution in [3.05, 3.63) is 0 Å². The largest absolute Gasteiger partial charge is 0.353 e. The minimum atomic E-state index is -0.0938. The van der Waals surface area contributed by atoms with Crippen LogP contribution in [0.1, 0.15) is 34.1 Å². The van der Waals surface area contributed by atoms with Crippen LogP contribution >= 0.6 is 15.9 Å². The molecule has 0 spiro atoms. The topological polar surface area (TPSA) is 46.2 Å². The lowest BCUT2D eigenvalue weighted by molar-refractivity contribution is -0.121. The number of Topliss-reactive ketones (excluding diaryl/α,β-unsaturated/α-hetero) is 1. The van der Waals surface area contributed by atoms with E-state index in [1.54, 1.807) is 0 Å². The summed E-state index contributed by atoms with van der Waals surface area (Å²) in [5.41, 5.74) is -0.0938. The molecule has 0 aliphatic heterocycles. The molecule has 14 heavy (non-hydrogen) atoms. The summed E-state index contributed by atoms with van der Waals surface area (Å²) in [5, 5.41) is 3.15. The lowest BCUT2D eigenvalue weighted by Gasteiger charge is -2.30. The Kier molecular flexibility index (Phi) is 5.34. The van der Waals surface area contributed by atoms with E-state index >= 15 is 0 Å². The third-order valence-electron chi connectivity index (χ3n) is 2.00. The average Bonchev–Trinajstić information content (AvgIpc) is 2.00. The van der Waals surface area contributed by atoms with E-state index in [2.05, 4.69) is 21.2 Å². The SMILES string of the molecule is CC(=O)NC(CC(=O)CBr)C(C)(C)C. The predicted octanol–water partition coefficient (Wildman–Crippen LogP) is 1.89. The molecule has 0 radical (unpaired) electrons. The molecule has 0 bridgehead atoms. The van der Waals surface area contributed by atoms with Gasteiger partial charge in [-0.05, 0) is 5.41 Å².